The van der Waals surface area contributed by atoms with E-state index in [1.165, 1.54) is 7.11 Å². The second kappa shape index (κ2) is 7.38. The molecule has 9 heteroatoms. The van der Waals surface area contributed by atoms with Gasteiger partial charge < -0.3 is 28.5 Å². The Kier molecular flexibility index (Phi) is 5.22. The molecule has 1 atom stereocenters. The molecule has 2 heterocycles. The van der Waals surface area contributed by atoms with Gasteiger partial charge >= 0.3 is 5.97 Å². The first-order valence-electron chi connectivity index (χ1n) is 7.72. The van der Waals surface area contributed by atoms with Crippen LogP contribution in [-0.4, -0.2) is 45.4 Å². The van der Waals surface area contributed by atoms with Gasteiger partial charge in [0.2, 0.25) is 18.3 Å². The lowest BCUT2D eigenvalue weighted by Gasteiger charge is -2.18. The highest BCUT2D eigenvalue weighted by Gasteiger charge is 2.34. The van der Waals surface area contributed by atoms with Crippen molar-refractivity contribution in [1.29, 1.82) is 0 Å². The van der Waals surface area contributed by atoms with Gasteiger partial charge in [-0.2, -0.15) is 0 Å². The molecule has 0 aliphatic carbocycles. The van der Waals surface area contributed by atoms with Crippen molar-refractivity contribution in [2.24, 2.45) is 5.16 Å². The highest BCUT2D eigenvalue weighted by Crippen LogP contribution is 2.54. The lowest BCUT2D eigenvalue weighted by molar-refractivity contribution is -0.135. The maximum absolute atomic E-state index is 11.8. The molecule has 0 spiro atoms. The first kappa shape index (κ1) is 17.7. The van der Waals surface area contributed by atoms with Gasteiger partial charge in [0.05, 0.1) is 25.3 Å². The molecule has 1 aromatic rings. The summed E-state index contributed by atoms with van der Waals surface area (Å²) >= 11 is 3.54. The van der Waals surface area contributed by atoms with Gasteiger partial charge in [-0.05, 0) is 22.9 Å². The number of hydrogen-bond donors (Lipinski definition) is 0. The molecular formula is C16H18BrNO7. The largest absolute Gasteiger partial charge is 0.492 e. The van der Waals surface area contributed by atoms with Gasteiger partial charge in [0.1, 0.15) is 6.10 Å². The lowest BCUT2D eigenvalue weighted by atomic mass is 10.0. The summed E-state index contributed by atoms with van der Waals surface area (Å²) in [6, 6.07) is 0. The summed E-state index contributed by atoms with van der Waals surface area (Å²) in [4.78, 5) is 17.1. The zero-order chi connectivity index (χ0) is 18.0. The van der Waals surface area contributed by atoms with E-state index in [0.717, 1.165) is 5.56 Å². The predicted molar refractivity (Wildman–Crippen MR) is 90.6 cm³/mol. The molecule has 25 heavy (non-hydrogen) atoms. The highest BCUT2D eigenvalue weighted by molar-refractivity contribution is 9.10. The second-order valence-electron chi connectivity index (χ2n) is 5.32. The number of carbonyl (C=O) groups is 1. The van der Waals surface area contributed by atoms with Crippen LogP contribution in [-0.2, 0) is 20.8 Å². The van der Waals surface area contributed by atoms with E-state index in [1.54, 1.807) is 14.0 Å². The number of fused-ring (bicyclic) bond motifs is 1. The molecule has 0 N–H and O–H groups in total. The van der Waals surface area contributed by atoms with Crippen LogP contribution >= 0.6 is 15.9 Å². The Labute approximate surface area is 153 Å². The summed E-state index contributed by atoms with van der Waals surface area (Å²) in [6.07, 6.45) is 0.462. The lowest BCUT2D eigenvalue weighted by Crippen LogP contribution is -2.19. The fourth-order valence-electron chi connectivity index (χ4n) is 2.77. The quantitative estimate of drug-likeness (QED) is 0.659. The number of halogens is 1. The molecule has 0 radical (unpaired) electrons. The van der Waals surface area contributed by atoms with Crippen LogP contribution in [0.4, 0.5) is 0 Å². The topological polar surface area (TPSA) is 84.8 Å². The van der Waals surface area contributed by atoms with Crippen LogP contribution in [0.3, 0.4) is 0 Å². The molecule has 8 nitrogen and oxygen atoms in total. The van der Waals surface area contributed by atoms with Gasteiger partial charge in [-0.1, -0.05) is 5.16 Å². The number of benzene rings is 1. The van der Waals surface area contributed by atoms with Crippen molar-refractivity contribution in [3.05, 3.63) is 10.0 Å². The van der Waals surface area contributed by atoms with E-state index >= 15 is 0 Å². The van der Waals surface area contributed by atoms with Gasteiger partial charge in [0.15, 0.2) is 17.2 Å². The van der Waals surface area contributed by atoms with E-state index in [-0.39, 0.29) is 18.6 Å². The van der Waals surface area contributed by atoms with Crippen molar-refractivity contribution in [3.8, 4) is 23.0 Å². The molecule has 0 aromatic heterocycles. The number of carbonyl (C=O) groups excluding carboxylic acids is 1. The van der Waals surface area contributed by atoms with Crippen LogP contribution in [0.2, 0.25) is 0 Å². The smallest absolute Gasteiger partial charge is 0.356 e. The third-order valence-corrected chi connectivity index (χ3v) is 4.69. The maximum atomic E-state index is 11.8. The van der Waals surface area contributed by atoms with E-state index in [2.05, 4.69) is 21.1 Å². The Bertz CT molecular complexity index is 719. The van der Waals surface area contributed by atoms with Crippen LogP contribution in [0.15, 0.2) is 9.63 Å². The normalized spacial score (nSPS) is 17.8. The average Bonchev–Trinajstić information content (AvgIpc) is 3.26. The number of rotatable bonds is 6. The van der Waals surface area contributed by atoms with E-state index < -0.39 is 5.97 Å². The van der Waals surface area contributed by atoms with Crippen molar-refractivity contribution in [1.82, 2.24) is 0 Å². The molecule has 0 bridgehead atoms. The Morgan fingerprint density at radius 1 is 1.24 bits per heavy atom. The molecule has 0 saturated carbocycles. The minimum absolute atomic E-state index is 0.104. The molecule has 3 rings (SSSR count). The summed E-state index contributed by atoms with van der Waals surface area (Å²) in [5.41, 5.74) is 1.06. The predicted octanol–water partition coefficient (Wildman–Crippen LogP) is 2.45. The summed E-state index contributed by atoms with van der Waals surface area (Å²) in [6.45, 7) is 2.14. The van der Waals surface area contributed by atoms with E-state index in [4.69, 9.17) is 28.5 Å². The zero-order valence-corrected chi connectivity index (χ0v) is 15.7. The van der Waals surface area contributed by atoms with Gasteiger partial charge in [0, 0.05) is 18.4 Å². The van der Waals surface area contributed by atoms with Crippen LogP contribution in [0.25, 0.3) is 0 Å². The number of methoxy groups -OCH3 is 2. The van der Waals surface area contributed by atoms with Gasteiger partial charge in [-0.15, -0.1) is 0 Å². The Hall–Kier alpha value is -2.16. The molecule has 2 aliphatic rings. The first-order valence-corrected chi connectivity index (χ1v) is 8.51. The minimum atomic E-state index is -0.459. The fraction of sp³-hybridized carbons (Fsp3) is 0.500. The minimum Gasteiger partial charge on any atom is -0.492 e. The van der Waals surface area contributed by atoms with Crippen molar-refractivity contribution in [2.45, 2.75) is 25.9 Å². The highest BCUT2D eigenvalue weighted by atomic mass is 79.9. The molecule has 2 aliphatic heterocycles. The SMILES string of the molecule is CCOC(=O)C1=NO[C@@H](Cc2c(Br)c3c(c(OC)c2OC)OCO3)C1. The fourth-order valence-corrected chi connectivity index (χ4v) is 3.41. The second-order valence-corrected chi connectivity index (χ2v) is 6.11. The van der Waals surface area contributed by atoms with Crippen LogP contribution in [0.5, 0.6) is 23.0 Å². The van der Waals surface area contributed by atoms with E-state index in [0.29, 0.717) is 46.9 Å². The van der Waals surface area contributed by atoms with Crippen molar-refractivity contribution >= 4 is 27.6 Å². The van der Waals surface area contributed by atoms with Gasteiger partial charge in [-0.25, -0.2) is 4.79 Å². The third-order valence-electron chi connectivity index (χ3n) is 3.85. The number of nitrogens with zero attached hydrogens (tertiary/aromatic N) is 1. The van der Waals surface area contributed by atoms with Crippen molar-refractivity contribution in [3.63, 3.8) is 0 Å². The van der Waals surface area contributed by atoms with E-state index in [1.807, 2.05) is 0 Å². The van der Waals surface area contributed by atoms with Gasteiger partial charge in [-0.3, -0.25) is 0 Å². The van der Waals surface area contributed by atoms with Crippen molar-refractivity contribution in [2.75, 3.05) is 27.6 Å². The summed E-state index contributed by atoms with van der Waals surface area (Å²) in [5.74, 6) is 1.56. The number of oxime groups is 1. The Morgan fingerprint density at radius 2 is 1.96 bits per heavy atom. The zero-order valence-electron chi connectivity index (χ0n) is 14.1. The molecule has 136 valence electrons. The Balaban J connectivity index is 1.85. The first-order chi connectivity index (χ1) is 12.1. The molecular weight excluding hydrogens is 398 g/mol. The molecule has 0 fully saturated rings. The van der Waals surface area contributed by atoms with Gasteiger partial charge in [0.25, 0.3) is 0 Å². The van der Waals surface area contributed by atoms with Crippen molar-refractivity contribution < 1.29 is 33.3 Å². The standard InChI is InChI=1S/C16H18BrNO7/c1-4-22-16(19)10-6-8(25-18-10)5-9-11(17)13-15(24-7-23-13)14(21-3)12(9)20-2/h8H,4-7H2,1-3H3/t8-/m0/s1. The average molecular weight is 416 g/mol. The number of hydrogen-bond acceptors (Lipinski definition) is 8. The number of esters is 1. The van der Waals surface area contributed by atoms with Crippen LogP contribution in [0.1, 0.15) is 18.9 Å². The molecule has 0 amide bonds. The molecule has 0 unspecified atom stereocenters. The summed E-state index contributed by atoms with van der Waals surface area (Å²) < 4.78 is 27.6. The van der Waals surface area contributed by atoms with Crippen LogP contribution in [0, 0.1) is 0 Å². The summed E-state index contributed by atoms with van der Waals surface area (Å²) in [5, 5.41) is 3.83. The maximum Gasteiger partial charge on any atom is 0.356 e. The number of ether oxygens (including phenoxy) is 5. The summed E-state index contributed by atoms with van der Waals surface area (Å²) in [7, 11) is 3.08. The molecule has 1 aromatic carbocycles. The third kappa shape index (κ3) is 3.20. The van der Waals surface area contributed by atoms with E-state index in [9.17, 15) is 4.79 Å². The monoisotopic (exact) mass is 415 g/mol. The molecule has 0 saturated heterocycles. The Morgan fingerprint density at radius 3 is 2.64 bits per heavy atom. The van der Waals surface area contributed by atoms with Crippen LogP contribution < -0.4 is 18.9 Å².